The minimum Gasteiger partial charge on any atom is -0.443 e. The number of halogens is 3. The number of rotatable bonds is 9. The molecule has 0 bridgehead atoms. The summed E-state index contributed by atoms with van der Waals surface area (Å²) in [6.45, 7) is 0.155. The zero-order valence-corrected chi connectivity index (χ0v) is 19.8. The van der Waals surface area contributed by atoms with Crippen molar-refractivity contribution in [2.75, 3.05) is 13.2 Å². The summed E-state index contributed by atoms with van der Waals surface area (Å²) in [4.78, 5) is 28.0. The van der Waals surface area contributed by atoms with E-state index in [-0.39, 0.29) is 62.9 Å². The minimum absolute atomic E-state index is 0.00590. The molecular weight excluding hydrogens is 537 g/mol. The molecule has 39 heavy (non-hydrogen) atoms. The zero-order valence-electron chi connectivity index (χ0n) is 19.8. The second kappa shape index (κ2) is 10.4. The Bertz CT molecular complexity index is 1390. The van der Waals surface area contributed by atoms with E-state index in [2.05, 4.69) is 14.7 Å². The van der Waals surface area contributed by atoms with Crippen LogP contribution in [-0.2, 0) is 35.8 Å². The van der Waals surface area contributed by atoms with Crippen LogP contribution in [0.2, 0.25) is 0 Å². The number of benzene rings is 1. The Kier molecular flexibility index (Phi) is 6.96. The van der Waals surface area contributed by atoms with Crippen LogP contribution in [-0.4, -0.2) is 60.7 Å². The quantitative estimate of drug-likeness (QED) is 0.281. The monoisotopic (exact) mass is 556 g/mol. The van der Waals surface area contributed by atoms with E-state index in [0.29, 0.717) is 5.56 Å². The van der Waals surface area contributed by atoms with Gasteiger partial charge in [0.2, 0.25) is 0 Å². The molecule has 3 aromatic rings. The van der Waals surface area contributed by atoms with Gasteiger partial charge in [0.1, 0.15) is 43.6 Å². The highest BCUT2D eigenvalue weighted by Crippen LogP contribution is 2.30. The van der Waals surface area contributed by atoms with Crippen LogP contribution in [0.1, 0.15) is 11.1 Å². The fraction of sp³-hybridized carbons (Fsp3) is 0.429. The Morgan fingerprint density at radius 2 is 1.46 bits per heavy atom. The van der Waals surface area contributed by atoms with Crippen molar-refractivity contribution >= 4 is 11.6 Å². The predicted octanol–water partition coefficient (Wildman–Crippen LogP) is 2.75. The molecule has 5 rings (SSSR count). The molecule has 1 aromatic carbocycles. The SMILES string of the molecule is O=[N+]([O-])c1cn2c(n1)OC[C@@H](OCc1ccc(OC(F)(F)F)c(CO[C@@H]3COc4nc([N+](=O)[O-])cn4C3)c1)C2. The summed E-state index contributed by atoms with van der Waals surface area (Å²) in [6, 6.07) is 4.14. The van der Waals surface area contributed by atoms with Crippen molar-refractivity contribution in [1.82, 2.24) is 19.1 Å². The lowest BCUT2D eigenvalue weighted by atomic mass is 10.1. The molecule has 18 heteroatoms. The lowest BCUT2D eigenvalue weighted by molar-refractivity contribution is -0.389. The molecule has 0 fully saturated rings. The molecule has 2 atom stereocenters. The maximum Gasteiger partial charge on any atom is 0.573 e. The van der Waals surface area contributed by atoms with E-state index in [0.717, 1.165) is 6.07 Å². The lowest BCUT2D eigenvalue weighted by Crippen LogP contribution is -2.32. The van der Waals surface area contributed by atoms with Crippen LogP contribution in [0.5, 0.6) is 17.8 Å². The number of alkyl halides is 3. The molecule has 0 saturated heterocycles. The third kappa shape index (κ3) is 6.17. The molecule has 2 aromatic heterocycles. The first kappa shape index (κ1) is 26.2. The van der Waals surface area contributed by atoms with E-state index in [1.807, 2.05) is 0 Å². The summed E-state index contributed by atoms with van der Waals surface area (Å²) in [7, 11) is 0. The van der Waals surface area contributed by atoms with Crippen molar-refractivity contribution in [2.24, 2.45) is 0 Å². The van der Waals surface area contributed by atoms with Gasteiger partial charge in [-0.25, -0.2) is 0 Å². The maximum absolute atomic E-state index is 13.0. The molecule has 0 radical (unpaired) electrons. The van der Waals surface area contributed by atoms with Gasteiger partial charge in [0.25, 0.3) is 0 Å². The van der Waals surface area contributed by atoms with Crippen LogP contribution in [0.25, 0.3) is 0 Å². The van der Waals surface area contributed by atoms with E-state index < -0.39 is 40.0 Å². The van der Waals surface area contributed by atoms with E-state index in [1.54, 1.807) is 0 Å². The highest BCUT2D eigenvalue weighted by Gasteiger charge is 2.33. The third-order valence-corrected chi connectivity index (χ3v) is 5.74. The van der Waals surface area contributed by atoms with E-state index in [1.165, 1.54) is 33.7 Å². The normalized spacial score (nSPS) is 18.4. The van der Waals surface area contributed by atoms with Crippen LogP contribution in [0, 0.1) is 20.2 Å². The van der Waals surface area contributed by atoms with Crippen LogP contribution < -0.4 is 14.2 Å². The molecule has 0 saturated carbocycles. The highest BCUT2D eigenvalue weighted by molar-refractivity contribution is 5.37. The summed E-state index contributed by atoms with van der Waals surface area (Å²) < 4.78 is 68.2. The van der Waals surface area contributed by atoms with Gasteiger partial charge in [-0.3, -0.25) is 9.13 Å². The van der Waals surface area contributed by atoms with Crippen molar-refractivity contribution in [2.45, 2.75) is 44.9 Å². The first-order chi connectivity index (χ1) is 18.5. The number of ether oxygens (including phenoxy) is 5. The van der Waals surface area contributed by atoms with Gasteiger partial charge in [-0.05, 0) is 27.5 Å². The average Bonchev–Trinajstić information content (AvgIpc) is 3.50. The fourth-order valence-electron chi connectivity index (χ4n) is 4.00. The third-order valence-electron chi connectivity index (χ3n) is 5.74. The molecule has 208 valence electrons. The summed E-state index contributed by atoms with van der Waals surface area (Å²) in [5, 5.41) is 21.8. The van der Waals surface area contributed by atoms with Crippen LogP contribution in [0.3, 0.4) is 0 Å². The van der Waals surface area contributed by atoms with Gasteiger partial charge in [-0.2, -0.15) is 0 Å². The summed E-state index contributed by atoms with van der Waals surface area (Å²) in [5.74, 6) is -1.22. The number of hydrogen-bond acceptors (Lipinski definition) is 11. The average molecular weight is 556 g/mol. The summed E-state index contributed by atoms with van der Waals surface area (Å²) in [6.07, 6.45) is -3.65. The van der Waals surface area contributed by atoms with Gasteiger partial charge in [-0.15, -0.1) is 13.2 Å². The maximum atomic E-state index is 13.0. The van der Waals surface area contributed by atoms with Gasteiger partial charge >= 0.3 is 30.0 Å². The Morgan fingerprint density at radius 1 is 0.923 bits per heavy atom. The minimum atomic E-state index is -4.93. The largest absolute Gasteiger partial charge is 0.573 e. The van der Waals surface area contributed by atoms with Gasteiger partial charge in [0.15, 0.2) is 0 Å². The Morgan fingerprint density at radius 3 is 1.97 bits per heavy atom. The fourth-order valence-corrected chi connectivity index (χ4v) is 4.00. The molecule has 2 aliphatic rings. The van der Waals surface area contributed by atoms with Crippen LogP contribution >= 0.6 is 0 Å². The van der Waals surface area contributed by atoms with Gasteiger partial charge in [-0.1, -0.05) is 6.07 Å². The second-order valence-corrected chi connectivity index (χ2v) is 8.56. The molecule has 0 N–H and O–H groups in total. The van der Waals surface area contributed by atoms with E-state index >= 15 is 0 Å². The number of fused-ring (bicyclic) bond motifs is 2. The van der Waals surface area contributed by atoms with Gasteiger partial charge in [0.05, 0.1) is 26.3 Å². The van der Waals surface area contributed by atoms with Crippen LogP contribution in [0.4, 0.5) is 24.8 Å². The Hall–Kier alpha value is -4.45. The Balaban J connectivity index is 1.23. The smallest absolute Gasteiger partial charge is 0.443 e. The second-order valence-electron chi connectivity index (χ2n) is 8.56. The predicted molar refractivity (Wildman–Crippen MR) is 119 cm³/mol. The van der Waals surface area contributed by atoms with Crippen LogP contribution in [0.15, 0.2) is 30.6 Å². The molecule has 0 aliphatic carbocycles. The van der Waals surface area contributed by atoms with Crippen molar-refractivity contribution < 1.29 is 46.7 Å². The van der Waals surface area contributed by atoms with Crippen molar-refractivity contribution in [3.05, 3.63) is 61.9 Å². The molecule has 0 amide bonds. The topological polar surface area (TPSA) is 168 Å². The summed E-state index contributed by atoms with van der Waals surface area (Å²) in [5.41, 5.74) is 0.598. The number of nitro groups is 2. The summed E-state index contributed by atoms with van der Waals surface area (Å²) >= 11 is 0. The van der Waals surface area contributed by atoms with E-state index in [4.69, 9.17) is 18.9 Å². The van der Waals surface area contributed by atoms with Gasteiger partial charge < -0.3 is 43.9 Å². The van der Waals surface area contributed by atoms with Crippen molar-refractivity contribution in [1.29, 1.82) is 0 Å². The number of hydrogen-bond donors (Lipinski definition) is 0. The molecule has 4 heterocycles. The molecule has 2 aliphatic heterocycles. The first-order valence-electron chi connectivity index (χ1n) is 11.3. The highest BCUT2D eigenvalue weighted by atomic mass is 19.4. The number of imidazole rings is 2. The molecule has 15 nitrogen and oxygen atoms in total. The molecule has 0 unspecified atom stereocenters. The number of aromatic nitrogens is 4. The standard InChI is InChI=1S/C21H19F3N6O9/c22-21(23,24)39-16-2-1-12(8-35-14-4-27-6-17(29(31)32)25-19(27)37-10-14)3-13(16)9-36-15-5-28-7-18(30(33)34)26-20(28)38-11-15/h1-3,6-7,14-15H,4-5,8-11H2/t14-,15-/m0/s1. The lowest BCUT2D eigenvalue weighted by Gasteiger charge is -2.24. The molecule has 0 spiro atoms. The Labute approximate surface area is 215 Å². The first-order valence-corrected chi connectivity index (χ1v) is 11.3. The number of nitrogens with zero attached hydrogens (tertiary/aromatic N) is 6. The van der Waals surface area contributed by atoms with Crippen molar-refractivity contribution in [3.8, 4) is 17.8 Å². The zero-order chi connectivity index (χ0) is 27.7. The van der Waals surface area contributed by atoms with E-state index in [9.17, 15) is 33.4 Å². The molecular formula is C21H19F3N6O9. The van der Waals surface area contributed by atoms with Crippen molar-refractivity contribution in [3.63, 3.8) is 0 Å². The van der Waals surface area contributed by atoms with Gasteiger partial charge in [0, 0.05) is 15.5 Å².